The Bertz CT molecular complexity index is 1020. The quantitative estimate of drug-likeness (QED) is 0.651. The maximum atomic E-state index is 13.5. The molecule has 0 saturated carbocycles. The first-order valence-electron chi connectivity index (χ1n) is 8.62. The maximum absolute atomic E-state index is 13.5. The molecular weight excluding hydrogens is 403 g/mol. The molecule has 28 heavy (non-hydrogen) atoms. The Kier molecular flexibility index (Phi) is 5.50. The number of rotatable bonds is 3. The summed E-state index contributed by atoms with van der Waals surface area (Å²) in [7, 11) is 1.47. The number of phenols is 2. The van der Waals surface area contributed by atoms with Gasteiger partial charge in [0.2, 0.25) is 5.78 Å². The van der Waals surface area contributed by atoms with Gasteiger partial charge in [0.25, 0.3) is 0 Å². The highest BCUT2D eigenvalue weighted by atomic mass is 35.5. The van der Waals surface area contributed by atoms with Crippen LogP contribution in [0.15, 0.2) is 17.7 Å². The second-order valence-electron chi connectivity index (χ2n) is 6.84. The zero-order chi connectivity index (χ0) is 20.7. The van der Waals surface area contributed by atoms with E-state index in [0.717, 1.165) is 5.57 Å². The van der Waals surface area contributed by atoms with Crippen LogP contribution in [0.2, 0.25) is 10.0 Å². The van der Waals surface area contributed by atoms with Gasteiger partial charge in [0, 0.05) is 22.8 Å². The summed E-state index contributed by atoms with van der Waals surface area (Å²) in [6, 6.07) is 1.46. The molecule has 0 saturated heterocycles. The van der Waals surface area contributed by atoms with E-state index in [2.05, 4.69) is 0 Å². The number of ether oxygens (including phenoxy) is 2. The number of carbonyl (C=O) groups excluding carboxylic acids is 1. The molecule has 0 aromatic heterocycles. The predicted molar refractivity (Wildman–Crippen MR) is 108 cm³/mol. The minimum Gasteiger partial charge on any atom is -0.507 e. The lowest BCUT2D eigenvalue weighted by atomic mass is 9.90. The highest BCUT2D eigenvalue weighted by Gasteiger charge is 2.34. The van der Waals surface area contributed by atoms with Crippen molar-refractivity contribution < 1.29 is 24.5 Å². The van der Waals surface area contributed by atoms with Gasteiger partial charge in [0.1, 0.15) is 29.4 Å². The summed E-state index contributed by atoms with van der Waals surface area (Å²) in [5.74, 6) is -0.641. The number of hydrogen-bond acceptors (Lipinski definition) is 5. The van der Waals surface area contributed by atoms with Gasteiger partial charge >= 0.3 is 0 Å². The number of allylic oxidation sites excluding steroid dienone is 2. The minimum absolute atomic E-state index is 0.0119. The van der Waals surface area contributed by atoms with Gasteiger partial charge in [-0.05, 0) is 32.8 Å². The van der Waals surface area contributed by atoms with Crippen molar-refractivity contribution in [2.45, 2.75) is 33.8 Å². The molecule has 148 valence electrons. The normalized spacial score (nSPS) is 12.6. The summed E-state index contributed by atoms with van der Waals surface area (Å²) >= 11 is 12.5. The van der Waals surface area contributed by atoms with Gasteiger partial charge in [-0.1, -0.05) is 34.9 Å². The smallest absolute Gasteiger partial charge is 0.201 e. The Morgan fingerprint density at radius 3 is 2.54 bits per heavy atom. The number of phenolic OH excluding ortho intramolecular Hbond substituents is 2. The van der Waals surface area contributed by atoms with Crippen LogP contribution in [-0.2, 0) is 13.0 Å². The number of ketones is 1. The lowest BCUT2D eigenvalue weighted by molar-refractivity contribution is 0.103. The summed E-state index contributed by atoms with van der Waals surface area (Å²) in [5, 5.41) is 21.2. The number of methoxy groups -OCH3 is 1. The zero-order valence-electron chi connectivity index (χ0n) is 15.9. The van der Waals surface area contributed by atoms with Gasteiger partial charge in [-0.15, -0.1) is 0 Å². The molecule has 0 aliphatic carbocycles. The van der Waals surface area contributed by atoms with Gasteiger partial charge in [0.05, 0.1) is 17.2 Å². The molecule has 1 heterocycles. The Labute approximate surface area is 173 Å². The van der Waals surface area contributed by atoms with Crippen molar-refractivity contribution in [2.75, 3.05) is 7.11 Å². The molecule has 2 aromatic carbocycles. The van der Waals surface area contributed by atoms with Crippen LogP contribution >= 0.6 is 23.2 Å². The van der Waals surface area contributed by atoms with Crippen LogP contribution < -0.4 is 9.47 Å². The third-order valence-electron chi connectivity index (χ3n) is 4.76. The highest BCUT2D eigenvalue weighted by Crippen LogP contribution is 2.48. The van der Waals surface area contributed by atoms with E-state index in [0.29, 0.717) is 28.9 Å². The van der Waals surface area contributed by atoms with E-state index in [-0.39, 0.29) is 39.3 Å². The van der Waals surface area contributed by atoms with E-state index in [1.165, 1.54) is 13.2 Å². The van der Waals surface area contributed by atoms with Gasteiger partial charge in [-0.3, -0.25) is 4.79 Å². The van der Waals surface area contributed by atoms with E-state index >= 15 is 0 Å². The number of carbonyl (C=O) groups is 1. The van der Waals surface area contributed by atoms with E-state index < -0.39 is 11.5 Å². The Hall–Kier alpha value is -2.37. The number of benzene rings is 2. The summed E-state index contributed by atoms with van der Waals surface area (Å²) in [6.07, 6.45) is 2.35. The highest BCUT2D eigenvalue weighted by molar-refractivity contribution is 6.39. The molecule has 0 bridgehead atoms. The summed E-state index contributed by atoms with van der Waals surface area (Å²) in [5.41, 5.74) is 2.47. The molecular formula is C21H20Cl2O5. The van der Waals surface area contributed by atoms with Gasteiger partial charge in [0.15, 0.2) is 5.75 Å². The van der Waals surface area contributed by atoms with Crippen LogP contribution in [-0.4, -0.2) is 23.1 Å². The first-order chi connectivity index (χ1) is 13.2. The molecule has 0 unspecified atom stereocenters. The Balaban J connectivity index is 2.37. The Morgan fingerprint density at radius 2 is 1.93 bits per heavy atom. The molecule has 0 spiro atoms. The van der Waals surface area contributed by atoms with E-state index in [9.17, 15) is 15.0 Å². The maximum Gasteiger partial charge on any atom is 0.201 e. The fourth-order valence-electron chi connectivity index (χ4n) is 3.23. The van der Waals surface area contributed by atoms with Crippen molar-refractivity contribution in [3.05, 3.63) is 55.6 Å². The topological polar surface area (TPSA) is 76.0 Å². The average Bonchev–Trinajstić information content (AvgIpc) is 2.81. The van der Waals surface area contributed by atoms with Crippen LogP contribution in [0.25, 0.3) is 0 Å². The summed E-state index contributed by atoms with van der Waals surface area (Å²) in [6.45, 7) is 5.42. The third kappa shape index (κ3) is 3.19. The van der Waals surface area contributed by atoms with Crippen LogP contribution in [0.4, 0.5) is 0 Å². The standard InChI is InChI=1S/C21H20Cl2O5/c1-9(2)5-6-11-14(27-4)7-13(24)12-8-28-21-16(19(25)15(11)12)20(26)17(22)10(3)18(21)23/h5,7,24,26H,6,8H2,1-4H3. The van der Waals surface area contributed by atoms with Crippen LogP contribution in [0.1, 0.15) is 46.5 Å². The first kappa shape index (κ1) is 20.4. The van der Waals surface area contributed by atoms with Gasteiger partial charge in [-0.25, -0.2) is 0 Å². The average molecular weight is 423 g/mol. The monoisotopic (exact) mass is 422 g/mol. The number of hydrogen-bond donors (Lipinski definition) is 2. The molecule has 1 aliphatic rings. The summed E-state index contributed by atoms with van der Waals surface area (Å²) in [4.78, 5) is 13.5. The molecule has 1 aliphatic heterocycles. The molecule has 2 N–H and O–H groups in total. The minimum atomic E-state index is -0.532. The summed E-state index contributed by atoms with van der Waals surface area (Å²) < 4.78 is 11.1. The predicted octanol–water partition coefficient (Wildman–Crippen LogP) is 5.35. The number of aromatic hydroxyl groups is 2. The fraction of sp³-hybridized carbons (Fsp3) is 0.286. The third-order valence-corrected chi connectivity index (χ3v) is 5.67. The van der Waals surface area contributed by atoms with Crippen molar-refractivity contribution >= 4 is 29.0 Å². The molecule has 7 heteroatoms. The Morgan fingerprint density at radius 1 is 1.25 bits per heavy atom. The lowest BCUT2D eigenvalue weighted by Gasteiger charge is -2.16. The SMILES string of the molecule is COc1cc(O)c2c(c1CC=C(C)C)C(=O)c1c(O)c(Cl)c(C)c(Cl)c1OC2. The molecule has 0 fully saturated rings. The first-order valence-corrected chi connectivity index (χ1v) is 9.37. The van der Waals surface area contributed by atoms with Crippen molar-refractivity contribution in [3.8, 4) is 23.0 Å². The second kappa shape index (κ2) is 7.57. The van der Waals surface area contributed by atoms with Crippen LogP contribution in [0.3, 0.4) is 0 Å². The molecule has 0 atom stereocenters. The number of halogens is 2. The zero-order valence-corrected chi connectivity index (χ0v) is 17.5. The molecule has 0 amide bonds. The molecule has 0 radical (unpaired) electrons. The fourth-order valence-corrected chi connectivity index (χ4v) is 3.71. The largest absolute Gasteiger partial charge is 0.507 e. The van der Waals surface area contributed by atoms with Crippen molar-refractivity contribution in [2.24, 2.45) is 0 Å². The molecule has 3 rings (SSSR count). The van der Waals surface area contributed by atoms with Crippen LogP contribution in [0.5, 0.6) is 23.0 Å². The van der Waals surface area contributed by atoms with Crippen molar-refractivity contribution in [3.63, 3.8) is 0 Å². The van der Waals surface area contributed by atoms with Crippen molar-refractivity contribution in [1.82, 2.24) is 0 Å². The number of fused-ring (bicyclic) bond motifs is 2. The van der Waals surface area contributed by atoms with E-state index in [1.807, 2.05) is 19.9 Å². The van der Waals surface area contributed by atoms with Crippen molar-refractivity contribution in [1.29, 1.82) is 0 Å². The van der Waals surface area contributed by atoms with E-state index in [4.69, 9.17) is 32.7 Å². The second-order valence-corrected chi connectivity index (χ2v) is 7.60. The molecule has 2 aromatic rings. The van der Waals surface area contributed by atoms with E-state index in [1.54, 1.807) is 6.92 Å². The van der Waals surface area contributed by atoms with Gasteiger partial charge < -0.3 is 19.7 Å². The van der Waals surface area contributed by atoms with Gasteiger partial charge in [-0.2, -0.15) is 0 Å². The lowest BCUT2D eigenvalue weighted by Crippen LogP contribution is -2.10. The molecule has 5 nitrogen and oxygen atoms in total. The van der Waals surface area contributed by atoms with Crippen LogP contribution in [0, 0.1) is 6.92 Å².